The molecule has 2 unspecified atom stereocenters. The molecule has 0 aliphatic heterocycles. The third-order valence-corrected chi connectivity index (χ3v) is 39.2. The summed E-state index contributed by atoms with van der Waals surface area (Å²) >= 11 is -4.47. The van der Waals surface area contributed by atoms with Crippen molar-refractivity contribution in [3.8, 4) is 22.3 Å². The molecule has 2 aliphatic carbocycles. The van der Waals surface area contributed by atoms with Crippen LogP contribution in [0.15, 0.2) is 109 Å². The van der Waals surface area contributed by atoms with Crippen LogP contribution in [0.1, 0.15) is 49.9 Å². The van der Waals surface area contributed by atoms with Crippen molar-refractivity contribution in [2.45, 2.75) is 41.7 Å². The van der Waals surface area contributed by atoms with Gasteiger partial charge in [-0.2, -0.15) is 0 Å². The van der Waals surface area contributed by atoms with E-state index in [1.54, 1.807) is 0 Å². The summed E-state index contributed by atoms with van der Waals surface area (Å²) in [6, 6.07) is 35.8. The summed E-state index contributed by atoms with van der Waals surface area (Å²) < 4.78 is 12.0. The minimum atomic E-state index is -4.47. The van der Waals surface area contributed by atoms with Gasteiger partial charge in [-0.3, -0.25) is 0 Å². The van der Waals surface area contributed by atoms with E-state index in [2.05, 4.69) is 153 Å². The first-order valence-electron chi connectivity index (χ1n) is 14.6. The Labute approximate surface area is 232 Å². The van der Waals surface area contributed by atoms with Gasteiger partial charge >= 0.3 is 234 Å². The minimum absolute atomic E-state index is 0.429. The number of rotatable bonds is 6. The molecule has 2 aliphatic rings. The zero-order valence-corrected chi connectivity index (χ0v) is 27.7. The summed E-state index contributed by atoms with van der Waals surface area (Å²) in [5, 5.41) is 0. The van der Waals surface area contributed by atoms with Crippen LogP contribution in [0.3, 0.4) is 0 Å². The zero-order valence-electron chi connectivity index (χ0n) is 24.1. The molecular weight excluding hydrogens is 635 g/mol. The average Bonchev–Trinajstić information content (AvgIpc) is 3.60. The molecule has 0 amide bonds. The monoisotopic (exact) mass is 677 g/mol. The number of fused-ring (bicyclic) bond motifs is 2. The third kappa shape index (κ3) is 4.25. The predicted octanol–water partition coefficient (Wildman–Crippen LogP) is 11.1. The van der Waals surface area contributed by atoms with E-state index >= 15 is 0 Å². The van der Waals surface area contributed by atoms with Crippen LogP contribution < -0.4 is 0 Å². The Bertz CT molecular complexity index is 1580. The molecule has 4 aromatic rings. The van der Waals surface area contributed by atoms with E-state index in [-0.39, 0.29) is 0 Å². The molecule has 0 aromatic heterocycles. The molecule has 1 heteroatoms. The number of allylic oxidation sites excluding steroid dienone is 2. The van der Waals surface area contributed by atoms with Crippen LogP contribution in [0.5, 0.6) is 0 Å². The molecule has 0 saturated heterocycles. The summed E-state index contributed by atoms with van der Waals surface area (Å²) in [6.45, 7) is 4.74. The quantitative estimate of drug-likeness (QED) is 0.178. The topological polar surface area (TPSA) is 0 Å². The number of hydrogen-bond donors (Lipinski definition) is 0. The summed E-state index contributed by atoms with van der Waals surface area (Å²) in [6.07, 6.45) is 11.2. The van der Waals surface area contributed by atoms with E-state index < -0.39 is 16.5 Å². The normalized spacial score (nSPS) is 19.4. The molecule has 0 fully saturated rings. The van der Waals surface area contributed by atoms with E-state index in [9.17, 15) is 0 Å². The van der Waals surface area contributed by atoms with Crippen molar-refractivity contribution in [3.63, 3.8) is 0 Å². The molecular formula is C38H41Hf. The van der Waals surface area contributed by atoms with Gasteiger partial charge in [-0.05, 0) is 0 Å². The molecule has 0 bridgehead atoms. The Kier molecular flexibility index (Phi) is 6.12. The van der Waals surface area contributed by atoms with Gasteiger partial charge in [0.15, 0.2) is 0 Å². The Balaban J connectivity index is 1.57. The van der Waals surface area contributed by atoms with E-state index in [1.165, 1.54) is 44.5 Å². The number of benzene rings is 4. The zero-order chi connectivity index (χ0) is 27.3. The maximum atomic E-state index is 2.89. The fraction of sp³-hybridized carbons (Fsp3) is 0.237. The molecule has 0 nitrogen and oxygen atoms in total. The molecule has 2 atom stereocenters. The van der Waals surface area contributed by atoms with E-state index in [0.29, 0.717) is 13.3 Å². The van der Waals surface area contributed by atoms with Crippen molar-refractivity contribution in [1.29, 1.82) is 0 Å². The SMILES string of the molecule is CC(C)C[CH]=[Hf]([CH3])([CH3])([CH3])([CH]1C=Cc2c(-c3ccccc3)cccc21)[CH]1C=Cc2c(-c3ccccc3)cccc21. The van der Waals surface area contributed by atoms with E-state index in [1.807, 2.05) is 0 Å². The fourth-order valence-corrected chi connectivity index (χ4v) is 33.6. The summed E-state index contributed by atoms with van der Waals surface area (Å²) in [4.78, 5) is 0. The van der Waals surface area contributed by atoms with Gasteiger partial charge in [0.1, 0.15) is 0 Å². The third-order valence-electron chi connectivity index (χ3n) is 10.1. The second-order valence-electron chi connectivity index (χ2n) is 14.5. The molecule has 0 spiro atoms. The molecule has 39 heavy (non-hydrogen) atoms. The first kappa shape index (κ1) is 26.3. The van der Waals surface area contributed by atoms with Crippen LogP contribution in [0.4, 0.5) is 0 Å². The van der Waals surface area contributed by atoms with Gasteiger partial charge in [0.25, 0.3) is 0 Å². The Morgan fingerprint density at radius 3 is 1.44 bits per heavy atom. The van der Waals surface area contributed by atoms with Gasteiger partial charge in [0.05, 0.1) is 0 Å². The summed E-state index contributed by atoms with van der Waals surface area (Å²) in [5.41, 5.74) is 11.2. The van der Waals surface area contributed by atoms with Gasteiger partial charge in [-0.25, -0.2) is 0 Å². The van der Waals surface area contributed by atoms with Gasteiger partial charge in [0, 0.05) is 0 Å². The van der Waals surface area contributed by atoms with E-state index in [4.69, 9.17) is 0 Å². The Morgan fingerprint density at radius 2 is 1.03 bits per heavy atom. The van der Waals surface area contributed by atoms with Crippen LogP contribution in [0.25, 0.3) is 34.4 Å². The van der Waals surface area contributed by atoms with Crippen LogP contribution in [-0.2, 0) is 16.5 Å². The van der Waals surface area contributed by atoms with Crippen molar-refractivity contribution in [3.05, 3.63) is 131 Å². The summed E-state index contributed by atoms with van der Waals surface area (Å²) in [7, 11) is 0. The second kappa shape index (κ2) is 9.07. The Hall–Kier alpha value is -2.90. The first-order chi connectivity index (χ1) is 18.6. The molecule has 4 aromatic carbocycles. The van der Waals surface area contributed by atoms with Crippen LogP contribution in [0.2, 0.25) is 14.0 Å². The Morgan fingerprint density at radius 1 is 0.590 bits per heavy atom. The van der Waals surface area contributed by atoms with Crippen molar-refractivity contribution >= 4 is 15.9 Å². The van der Waals surface area contributed by atoms with Crippen molar-refractivity contribution < 1.29 is 16.5 Å². The predicted molar refractivity (Wildman–Crippen MR) is 170 cm³/mol. The second-order valence-corrected chi connectivity index (χ2v) is 53.4. The van der Waals surface area contributed by atoms with E-state index in [0.717, 1.165) is 6.42 Å². The summed E-state index contributed by atoms with van der Waals surface area (Å²) in [5.74, 6) is 0.635. The van der Waals surface area contributed by atoms with Gasteiger partial charge in [-0.15, -0.1) is 0 Å². The van der Waals surface area contributed by atoms with Crippen molar-refractivity contribution in [2.24, 2.45) is 5.92 Å². The molecule has 0 heterocycles. The number of hydrogen-bond acceptors (Lipinski definition) is 0. The van der Waals surface area contributed by atoms with Gasteiger partial charge < -0.3 is 0 Å². The molecule has 6 rings (SSSR count). The average molecular weight is 676 g/mol. The van der Waals surface area contributed by atoms with Crippen LogP contribution >= 0.6 is 0 Å². The molecule has 0 saturated carbocycles. The van der Waals surface area contributed by atoms with Gasteiger partial charge in [-0.1, -0.05) is 0 Å². The van der Waals surface area contributed by atoms with Crippen LogP contribution in [0, 0.1) is 5.92 Å². The van der Waals surface area contributed by atoms with Crippen LogP contribution in [-0.4, -0.2) is 3.76 Å². The van der Waals surface area contributed by atoms with Gasteiger partial charge in [0.2, 0.25) is 0 Å². The maximum absolute atomic E-state index is 4.47. The molecule has 0 N–H and O–H groups in total. The van der Waals surface area contributed by atoms with Crippen molar-refractivity contribution in [1.82, 2.24) is 0 Å². The standard InChI is InChI=1S/2C15H11.C5H10.3CH3.Hf/c2*1-2-6-12(7-3-1)14-10-4-8-13-9-5-11-15(13)14;1-4-5(2)3;;;;/h2*1-11H;1,5H,4H2,2-3H3;3*1H3;. The molecule has 0 radical (unpaired) electrons. The first-order valence-corrected chi connectivity index (χ1v) is 31.6. The fourth-order valence-electron chi connectivity index (χ4n) is 7.68. The van der Waals surface area contributed by atoms with Crippen molar-refractivity contribution in [2.75, 3.05) is 0 Å². The molecule has 197 valence electrons.